The minimum atomic E-state index is -0.772. The molecule has 9 heteroatoms. The summed E-state index contributed by atoms with van der Waals surface area (Å²) in [6.45, 7) is 9.70. The monoisotopic (exact) mass is 472 g/mol. The maximum absolute atomic E-state index is 14.0. The van der Waals surface area contributed by atoms with Crippen molar-refractivity contribution >= 4 is 29.5 Å². The highest BCUT2D eigenvalue weighted by atomic mass is 19.1. The topological polar surface area (TPSA) is 67.1 Å². The van der Waals surface area contributed by atoms with E-state index in [0.717, 1.165) is 0 Å². The quantitative estimate of drug-likeness (QED) is 0.367. The van der Waals surface area contributed by atoms with Crippen LogP contribution in [-0.4, -0.2) is 30.9 Å². The fourth-order valence-corrected chi connectivity index (χ4v) is 3.78. The molecular weight excluding hydrogens is 445 g/mol. The molecule has 6 nitrogen and oxygen atoms in total. The third kappa shape index (κ3) is 4.81. The van der Waals surface area contributed by atoms with E-state index in [1.807, 2.05) is 27.7 Å². The van der Waals surface area contributed by atoms with E-state index in [2.05, 4.69) is 0 Å². The molecule has 0 N–H and O–H groups in total. The van der Waals surface area contributed by atoms with Crippen LogP contribution in [0.25, 0.3) is 11.0 Å². The molecule has 4 rings (SSSR count). The van der Waals surface area contributed by atoms with Crippen LogP contribution >= 0.6 is 0 Å². The van der Waals surface area contributed by atoms with Crippen LogP contribution in [0.4, 0.5) is 8.78 Å². The first kappa shape index (κ1) is 24.2. The van der Waals surface area contributed by atoms with Gasteiger partial charge in [-0.15, -0.1) is 0 Å². The number of carbonyl (C=O) groups excluding carboxylic acids is 1. The van der Waals surface area contributed by atoms with Crippen LogP contribution in [0.3, 0.4) is 0 Å². The van der Waals surface area contributed by atoms with E-state index in [1.54, 1.807) is 19.1 Å². The molecule has 1 aliphatic heterocycles. The van der Waals surface area contributed by atoms with Crippen molar-refractivity contribution < 1.29 is 36.8 Å². The highest BCUT2D eigenvalue weighted by Gasteiger charge is 2.52. The smallest absolute Gasteiger partial charge is 0.488 e. The number of rotatable bonds is 7. The van der Waals surface area contributed by atoms with Crippen LogP contribution in [0.15, 0.2) is 40.8 Å². The van der Waals surface area contributed by atoms with Crippen molar-refractivity contribution in [3.8, 4) is 5.75 Å². The zero-order valence-corrected chi connectivity index (χ0v) is 19.9. The molecular formula is C25H27BF2O6. The first-order valence-electron chi connectivity index (χ1n) is 11.1. The average molecular weight is 472 g/mol. The molecule has 0 spiro atoms. The van der Waals surface area contributed by atoms with Gasteiger partial charge in [-0.3, -0.25) is 4.79 Å². The number of ether oxygens (including phenoxy) is 2. The molecule has 0 amide bonds. The van der Waals surface area contributed by atoms with Gasteiger partial charge in [0.1, 0.15) is 23.8 Å². The molecule has 2 aromatic carbocycles. The van der Waals surface area contributed by atoms with Crippen molar-refractivity contribution in [2.24, 2.45) is 0 Å². The van der Waals surface area contributed by atoms with Crippen LogP contribution in [0.2, 0.25) is 0 Å². The lowest BCUT2D eigenvalue weighted by Gasteiger charge is -2.32. The van der Waals surface area contributed by atoms with Crippen molar-refractivity contribution in [1.29, 1.82) is 0 Å². The van der Waals surface area contributed by atoms with Gasteiger partial charge in [-0.05, 0) is 52.3 Å². The fraction of sp³-hybridized carbons (Fsp3) is 0.400. The molecule has 0 bridgehead atoms. The third-order valence-corrected chi connectivity index (χ3v) is 6.25. The van der Waals surface area contributed by atoms with Gasteiger partial charge < -0.3 is 23.2 Å². The summed E-state index contributed by atoms with van der Waals surface area (Å²) in [5, 5.41) is 0.523. The minimum absolute atomic E-state index is 0.0362. The van der Waals surface area contributed by atoms with Gasteiger partial charge in [0.25, 0.3) is 6.01 Å². The Bertz CT molecular complexity index is 1200. The lowest BCUT2D eigenvalue weighted by Crippen LogP contribution is -2.41. The maximum atomic E-state index is 14.0. The van der Waals surface area contributed by atoms with E-state index in [0.29, 0.717) is 27.6 Å². The molecule has 3 aromatic rings. The fourth-order valence-electron chi connectivity index (χ4n) is 3.78. The molecule has 0 atom stereocenters. The van der Waals surface area contributed by atoms with E-state index in [-0.39, 0.29) is 25.4 Å². The maximum Gasteiger partial charge on any atom is 0.498 e. The SMILES string of the molecule is CCOC(=O)Cc1ccc(F)cc1OCc1cc(B2OC(C)(C)C(C)(C)O2)c2oc(F)cc2c1. The molecule has 1 fully saturated rings. The second-order valence-corrected chi connectivity index (χ2v) is 9.26. The highest BCUT2D eigenvalue weighted by molar-refractivity contribution is 6.64. The number of benzene rings is 2. The zero-order valence-electron chi connectivity index (χ0n) is 19.9. The Balaban J connectivity index is 1.63. The van der Waals surface area contributed by atoms with Crippen molar-refractivity contribution in [2.45, 2.75) is 58.8 Å². The minimum Gasteiger partial charge on any atom is -0.488 e. The van der Waals surface area contributed by atoms with E-state index < -0.39 is 36.1 Å². The van der Waals surface area contributed by atoms with Gasteiger partial charge in [-0.2, -0.15) is 4.39 Å². The lowest BCUT2D eigenvalue weighted by molar-refractivity contribution is -0.142. The first-order chi connectivity index (χ1) is 16.0. The number of fused-ring (bicyclic) bond motifs is 1. The summed E-state index contributed by atoms with van der Waals surface area (Å²) in [6.07, 6.45) is -0.0470. The molecule has 34 heavy (non-hydrogen) atoms. The van der Waals surface area contributed by atoms with Crippen molar-refractivity contribution in [3.63, 3.8) is 0 Å². The van der Waals surface area contributed by atoms with Gasteiger partial charge in [0.15, 0.2) is 0 Å². The Morgan fingerprint density at radius 2 is 1.74 bits per heavy atom. The van der Waals surface area contributed by atoms with Gasteiger partial charge >= 0.3 is 13.1 Å². The molecule has 2 heterocycles. The van der Waals surface area contributed by atoms with Crippen LogP contribution in [0, 0.1) is 11.8 Å². The van der Waals surface area contributed by atoms with Gasteiger partial charge in [0.05, 0.1) is 24.2 Å². The van der Waals surface area contributed by atoms with E-state index in [9.17, 15) is 13.6 Å². The molecule has 0 saturated carbocycles. The van der Waals surface area contributed by atoms with Gasteiger partial charge in [-0.1, -0.05) is 12.1 Å². The largest absolute Gasteiger partial charge is 0.498 e. The van der Waals surface area contributed by atoms with E-state index in [4.69, 9.17) is 23.2 Å². The predicted octanol–water partition coefficient (Wildman–Crippen LogP) is 4.69. The van der Waals surface area contributed by atoms with Crippen LogP contribution in [-0.2, 0) is 31.9 Å². The van der Waals surface area contributed by atoms with Crippen LogP contribution < -0.4 is 10.2 Å². The van der Waals surface area contributed by atoms with E-state index in [1.165, 1.54) is 24.3 Å². The first-order valence-corrected chi connectivity index (χ1v) is 11.1. The molecule has 0 unspecified atom stereocenters. The normalized spacial score (nSPS) is 16.7. The molecule has 1 aliphatic rings. The molecule has 1 saturated heterocycles. The standard InChI is InChI=1S/C25H27BF2O6/c1-6-30-22(29)12-16-7-8-18(27)13-20(16)31-14-15-9-17-11-21(28)32-23(17)19(10-15)26-33-24(2,3)25(4,5)34-26/h7-11,13H,6,12,14H2,1-5H3. The number of halogens is 2. The average Bonchev–Trinajstić information content (AvgIpc) is 3.22. The summed E-state index contributed by atoms with van der Waals surface area (Å²) >= 11 is 0. The second-order valence-electron chi connectivity index (χ2n) is 9.26. The summed E-state index contributed by atoms with van der Waals surface area (Å²) in [7, 11) is -0.772. The third-order valence-electron chi connectivity index (χ3n) is 6.25. The van der Waals surface area contributed by atoms with Crippen molar-refractivity contribution in [3.05, 3.63) is 59.4 Å². The van der Waals surface area contributed by atoms with E-state index >= 15 is 0 Å². The Labute approximate surface area is 197 Å². The highest BCUT2D eigenvalue weighted by Crippen LogP contribution is 2.37. The van der Waals surface area contributed by atoms with Crippen molar-refractivity contribution in [1.82, 2.24) is 0 Å². The molecule has 0 radical (unpaired) electrons. The van der Waals surface area contributed by atoms with Gasteiger partial charge in [0, 0.05) is 28.5 Å². The zero-order chi connectivity index (χ0) is 24.7. The molecule has 0 aliphatic carbocycles. The van der Waals surface area contributed by atoms with Crippen LogP contribution in [0.5, 0.6) is 5.75 Å². The number of esters is 1. The second kappa shape index (κ2) is 9.04. The Morgan fingerprint density at radius 3 is 2.41 bits per heavy atom. The number of hydrogen-bond donors (Lipinski definition) is 0. The summed E-state index contributed by atoms with van der Waals surface area (Å²) in [4.78, 5) is 11.9. The van der Waals surface area contributed by atoms with Crippen molar-refractivity contribution in [2.75, 3.05) is 6.61 Å². The Morgan fingerprint density at radius 1 is 1.03 bits per heavy atom. The molecule has 1 aromatic heterocycles. The number of furan rings is 1. The summed E-state index contributed by atoms with van der Waals surface area (Å²) in [5.41, 5.74) is 0.847. The molecule has 180 valence electrons. The van der Waals surface area contributed by atoms with Gasteiger partial charge in [0.2, 0.25) is 0 Å². The number of hydrogen-bond acceptors (Lipinski definition) is 6. The summed E-state index contributed by atoms with van der Waals surface area (Å²) < 4.78 is 56.3. The summed E-state index contributed by atoms with van der Waals surface area (Å²) in [6, 6.07) is 8.01. The Hall–Kier alpha value is -2.91. The summed E-state index contributed by atoms with van der Waals surface area (Å²) in [5.74, 6) is -0.700. The predicted molar refractivity (Wildman–Crippen MR) is 123 cm³/mol. The Kier molecular flexibility index (Phi) is 6.44. The number of carbonyl (C=O) groups is 1. The van der Waals surface area contributed by atoms with Crippen LogP contribution in [0.1, 0.15) is 45.7 Å². The van der Waals surface area contributed by atoms with Gasteiger partial charge in [-0.25, -0.2) is 4.39 Å². The lowest BCUT2D eigenvalue weighted by atomic mass is 9.77.